The van der Waals surface area contributed by atoms with Crippen molar-refractivity contribution in [1.82, 2.24) is 4.90 Å². The highest BCUT2D eigenvalue weighted by Gasteiger charge is 2.16. The Hall–Kier alpha value is -2.09. The molecule has 3 rings (SSSR count). The van der Waals surface area contributed by atoms with Gasteiger partial charge in [-0.05, 0) is 42.8 Å². The summed E-state index contributed by atoms with van der Waals surface area (Å²) in [6.45, 7) is 7.14. The van der Waals surface area contributed by atoms with E-state index in [2.05, 4.69) is 14.9 Å². The van der Waals surface area contributed by atoms with Crippen molar-refractivity contribution in [3.63, 3.8) is 0 Å². The van der Waals surface area contributed by atoms with Crippen molar-refractivity contribution in [1.29, 1.82) is 0 Å². The standard InChI is InChI=1S/C19H25N3O3S/c1-16-4-2-3-5-19(16)26(23,24)21-18-8-6-17(7-9-18)20-10-11-22-12-14-25-15-13-22/h2-9,20-21H,10-15H2,1H3. The lowest BCUT2D eigenvalue weighted by Crippen LogP contribution is -2.38. The molecule has 26 heavy (non-hydrogen) atoms. The summed E-state index contributed by atoms with van der Waals surface area (Å²) < 4.78 is 33.0. The minimum atomic E-state index is -3.58. The van der Waals surface area contributed by atoms with Crippen molar-refractivity contribution >= 4 is 21.4 Å². The van der Waals surface area contributed by atoms with Gasteiger partial charge in [-0.2, -0.15) is 0 Å². The molecule has 1 heterocycles. The largest absolute Gasteiger partial charge is 0.384 e. The molecule has 1 saturated heterocycles. The van der Waals surface area contributed by atoms with E-state index in [-0.39, 0.29) is 0 Å². The molecule has 1 aliphatic rings. The second-order valence-corrected chi connectivity index (χ2v) is 7.98. The zero-order valence-electron chi connectivity index (χ0n) is 14.9. The lowest BCUT2D eigenvalue weighted by molar-refractivity contribution is 0.0398. The van der Waals surface area contributed by atoms with Gasteiger partial charge in [-0.25, -0.2) is 8.42 Å². The molecule has 0 spiro atoms. The first kappa shape index (κ1) is 18.7. The van der Waals surface area contributed by atoms with Gasteiger partial charge in [0.2, 0.25) is 0 Å². The van der Waals surface area contributed by atoms with Gasteiger partial charge >= 0.3 is 0 Å². The van der Waals surface area contributed by atoms with E-state index in [0.717, 1.165) is 50.6 Å². The van der Waals surface area contributed by atoms with Gasteiger partial charge < -0.3 is 10.1 Å². The van der Waals surface area contributed by atoms with Crippen LogP contribution in [0.15, 0.2) is 53.4 Å². The molecular weight excluding hydrogens is 350 g/mol. The summed E-state index contributed by atoms with van der Waals surface area (Å²) in [6, 6.07) is 14.3. The monoisotopic (exact) mass is 375 g/mol. The number of nitrogens with zero attached hydrogens (tertiary/aromatic N) is 1. The first-order valence-electron chi connectivity index (χ1n) is 8.77. The Bertz CT molecular complexity index is 816. The first-order chi connectivity index (χ1) is 12.5. The zero-order chi connectivity index (χ0) is 18.4. The third-order valence-corrected chi connectivity index (χ3v) is 5.92. The van der Waals surface area contributed by atoms with E-state index in [1.165, 1.54) is 0 Å². The fraction of sp³-hybridized carbons (Fsp3) is 0.368. The van der Waals surface area contributed by atoms with Gasteiger partial charge in [0.25, 0.3) is 10.0 Å². The van der Waals surface area contributed by atoms with Gasteiger partial charge in [0, 0.05) is 37.6 Å². The van der Waals surface area contributed by atoms with Crippen LogP contribution in [-0.2, 0) is 14.8 Å². The second kappa shape index (κ2) is 8.53. The van der Waals surface area contributed by atoms with Crippen LogP contribution in [0.3, 0.4) is 0 Å². The lowest BCUT2D eigenvalue weighted by Gasteiger charge is -2.26. The molecule has 2 aromatic rings. The summed E-state index contributed by atoms with van der Waals surface area (Å²) in [5.74, 6) is 0. The zero-order valence-corrected chi connectivity index (χ0v) is 15.8. The average Bonchev–Trinajstić information content (AvgIpc) is 2.64. The number of ether oxygens (including phenoxy) is 1. The molecule has 0 saturated carbocycles. The fourth-order valence-electron chi connectivity index (χ4n) is 2.91. The van der Waals surface area contributed by atoms with Gasteiger partial charge in [0.1, 0.15) is 0 Å². The molecule has 2 aromatic carbocycles. The molecule has 0 aromatic heterocycles. The number of morpholine rings is 1. The van der Waals surface area contributed by atoms with Crippen LogP contribution < -0.4 is 10.0 Å². The van der Waals surface area contributed by atoms with E-state index < -0.39 is 10.0 Å². The number of nitrogens with one attached hydrogen (secondary N) is 2. The molecule has 1 aliphatic heterocycles. The molecule has 1 fully saturated rings. The Morgan fingerprint density at radius 2 is 1.65 bits per heavy atom. The summed E-state index contributed by atoms with van der Waals surface area (Å²) in [5, 5.41) is 3.36. The normalized spacial score (nSPS) is 15.6. The van der Waals surface area contributed by atoms with Crippen molar-refractivity contribution in [3.05, 3.63) is 54.1 Å². The topological polar surface area (TPSA) is 70.7 Å². The SMILES string of the molecule is Cc1ccccc1S(=O)(=O)Nc1ccc(NCCN2CCOCC2)cc1. The van der Waals surface area contributed by atoms with Crippen LogP contribution in [0.4, 0.5) is 11.4 Å². The predicted molar refractivity (Wildman–Crippen MR) is 104 cm³/mol. The van der Waals surface area contributed by atoms with Crippen LogP contribution in [0, 0.1) is 6.92 Å². The molecule has 6 nitrogen and oxygen atoms in total. The second-order valence-electron chi connectivity index (χ2n) is 6.33. The van der Waals surface area contributed by atoms with Crippen LogP contribution in [0.2, 0.25) is 0 Å². The summed E-state index contributed by atoms with van der Waals surface area (Å²) in [6.07, 6.45) is 0. The Labute approximate surface area is 155 Å². The van der Waals surface area contributed by atoms with E-state index >= 15 is 0 Å². The quantitative estimate of drug-likeness (QED) is 0.778. The Morgan fingerprint density at radius 1 is 1.00 bits per heavy atom. The van der Waals surface area contributed by atoms with Crippen molar-refractivity contribution in [3.8, 4) is 0 Å². The smallest absolute Gasteiger partial charge is 0.262 e. The number of hydrogen-bond acceptors (Lipinski definition) is 5. The molecule has 0 bridgehead atoms. The fourth-order valence-corrected chi connectivity index (χ4v) is 4.21. The van der Waals surface area contributed by atoms with Crippen LogP contribution in [0.5, 0.6) is 0 Å². The minimum absolute atomic E-state index is 0.299. The Kier molecular flexibility index (Phi) is 6.13. The molecular formula is C19H25N3O3S. The number of sulfonamides is 1. The first-order valence-corrected chi connectivity index (χ1v) is 10.3. The van der Waals surface area contributed by atoms with Gasteiger partial charge in [-0.3, -0.25) is 9.62 Å². The number of rotatable bonds is 7. The number of anilines is 2. The maximum atomic E-state index is 12.5. The van der Waals surface area contributed by atoms with E-state index in [0.29, 0.717) is 10.6 Å². The molecule has 2 N–H and O–H groups in total. The Balaban J connectivity index is 1.55. The molecule has 0 aliphatic carbocycles. The number of benzene rings is 2. The summed E-state index contributed by atoms with van der Waals surface area (Å²) >= 11 is 0. The molecule has 0 radical (unpaired) electrons. The van der Waals surface area contributed by atoms with E-state index in [1.807, 2.05) is 18.2 Å². The maximum Gasteiger partial charge on any atom is 0.262 e. The number of aryl methyl sites for hydroxylation is 1. The van der Waals surface area contributed by atoms with Crippen molar-refractivity contribution in [2.24, 2.45) is 0 Å². The third-order valence-electron chi connectivity index (χ3n) is 4.38. The van der Waals surface area contributed by atoms with Crippen LogP contribution >= 0.6 is 0 Å². The molecule has 7 heteroatoms. The highest BCUT2D eigenvalue weighted by molar-refractivity contribution is 7.92. The molecule has 0 amide bonds. The average molecular weight is 375 g/mol. The predicted octanol–water partition coefficient (Wildman–Crippen LogP) is 2.54. The van der Waals surface area contributed by atoms with Crippen LogP contribution in [0.1, 0.15) is 5.56 Å². The number of hydrogen-bond donors (Lipinski definition) is 2. The van der Waals surface area contributed by atoms with Gasteiger partial charge in [0.05, 0.1) is 18.1 Å². The highest BCUT2D eigenvalue weighted by Crippen LogP contribution is 2.20. The van der Waals surface area contributed by atoms with Gasteiger partial charge in [0.15, 0.2) is 0 Å². The third kappa shape index (κ3) is 4.97. The highest BCUT2D eigenvalue weighted by atomic mass is 32.2. The minimum Gasteiger partial charge on any atom is -0.384 e. The van der Waals surface area contributed by atoms with Crippen molar-refractivity contribution in [2.75, 3.05) is 49.4 Å². The molecule has 140 valence electrons. The van der Waals surface area contributed by atoms with Crippen LogP contribution in [-0.4, -0.2) is 52.7 Å². The summed E-state index contributed by atoms with van der Waals surface area (Å²) in [7, 11) is -3.58. The van der Waals surface area contributed by atoms with Crippen LogP contribution in [0.25, 0.3) is 0 Å². The lowest BCUT2D eigenvalue weighted by atomic mass is 10.2. The Morgan fingerprint density at radius 3 is 2.35 bits per heavy atom. The van der Waals surface area contributed by atoms with E-state index in [1.54, 1.807) is 37.3 Å². The summed E-state index contributed by atoms with van der Waals surface area (Å²) in [5.41, 5.74) is 2.24. The van der Waals surface area contributed by atoms with Crippen molar-refractivity contribution in [2.45, 2.75) is 11.8 Å². The van der Waals surface area contributed by atoms with E-state index in [9.17, 15) is 8.42 Å². The summed E-state index contributed by atoms with van der Waals surface area (Å²) in [4.78, 5) is 2.66. The molecule has 0 unspecified atom stereocenters. The van der Waals surface area contributed by atoms with Gasteiger partial charge in [-0.1, -0.05) is 18.2 Å². The molecule has 0 atom stereocenters. The van der Waals surface area contributed by atoms with Gasteiger partial charge in [-0.15, -0.1) is 0 Å². The van der Waals surface area contributed by atoms with E-state index in [4.69, 9.17) is 4.74 Å². The van der Waals surface area contributed by atoms with Crippen molar-refractivity contribution < 1.29 is 13.2 Å². The maximum absolute atomic E-state index is 12.5.